The lowest BCUT2D eigenvalue weighted by Gasteiger charge is -2.17. The maximum Gasteiger partial charge on any atom is 0.306 e. The molecule has 0 saturated carbocycles. The molecule has 6 nitrogen and oxygen atoms in total. The van der Waals surface area contributed by atoms with Gasteiger partial charge in [-0.2, -0.15) is 0 Å². The second kappa shape index (κ2) is 7.54. The van der Waals surface area contributed by atoms with E-state index >= 15 is 0 Å². The summed E-state index contributed by atoms with van der Waals surface area (Å²) in [5, 5.41) is 20.8. The van der Waals surface area contributed by atoms with Gasteiger partial charge in [-0.1, -0.05) is 13.3 Å². The monoisotopic (exact) mass is 294 g/mol. The van der Waals surface area contributed by atoms with Crippen molar-refractivity contribution in [1.82, 2.24) is 20.1 Å². The van der Waals surface area contributed by atoms with Gasteiger partial charge in [0, 0.05) is 19.0 Å². The van der Waals surface area contributed by atoms with E-state index in [-0.39, 0.29) is 5.92 Å². The summed E-state index contributed by atoms with van der Waals surface area (Å²) in [5.74, 6) is 1.18. The number of aliphatic carboxylic acids is 1. The van der Waals surface area contributed by atoms with Crippen LogP contribution in [0.25, 0.3) is 0 Å². The molecular weight excluding hydrogens is 268 g/mol. The van der Waals surface area contributed by atoms with Gasteiger partial charge in [0.2, 0.25) is 0 Å². The van der Waals surface area contributed by atoms with Crippen molar-refractivity contribution in [1.29, 1.82) is 0 Å². The molecule has 118 valence electrons. The zero-order chi connectivity index (χ0) is 15.2. The van der Waals surface area contributed by atoms with E-state index in [1.54, 1.807) is 6.92 Å². The molecule has 2 unspecified atom stereocenters. The number of aryl methyl sites for hydroxylation is 1. The Bertz CT molecular complexity index is 472. The van der Waals surface area contributed by atoms with E-state index in [1.807, 2.05) is 0 Å². The molecule has 0 aromatic carbocycles. The Hall–Kier alpha value is -1.43. The van der Waals surface area contributed by atoms with Crippen LogP contribution in [-0.2, 0) is 24.3 Å². The van der Waals surface area contributed by atoms with Crippen molar-refractivity contribution in [2.45, 2.75) is 71.5 Å². The number of hydrogen-bond donors (Lipinski definition) is 2. The minimum atomic E-state index is -0.703. The van der Waals surface area contributed by atoms with Gasteiger partial charge in [0.05, 0.1) is 12.5 Å². The fourth-order valence-electron chi connectivity index (χ4n) is 2.72. The van der Waals surface area contributed by atoms with E-state index in [9.17, 15) is 4.79 Å². The summed E-state index contributed by atoms with van der Waals surface area (Å²) in [6, 6.07) is 0.363. The molecule has 1 aliphatic heterocycles. The van der Waals surface area contributed by atoms with Crippen LogP contribution in [0.2, 0.25) is 0 Å². The number of carboxylic acids is 1. The number of fused-ring (bicyclic) bond motifs is 1. The molecule has 0 saturated heterocycles. The molecule has 0 aliphatic carbocycles. The van der Waals surface area contributed by atoms with Crippen LogP contribution in [0.5, 0.6) is 0 Å². The van der Waals surface area contributed by atoms with Gasteiger partial charge in [0.1, 0.15) is 11.6 Å². The lowest BCUT2D eigenvalue weighted by atomic mass is 10.0. The largest absolute Gasteiger partial charge is 0.481 e. The van der Waals surface area contributed by atoms with Crippen LogP contribution in [0.3, 0.4) is 0 Å². The highest BCUT2D eigenvalue weighted by molar-refractivity contribution is 5.69. The molecular formula is C15H26N4O2. The minimum absolute atomic E-state index is 0.249. The molecule has 6 heteroatoms. The number of hydrogen-bond acceptors (Lipinski definition) is 4. The summed E-state index contributed by atoms with van der Waals surface area (Å²) in [6.45, 7) is 5.67. The molecule has 2 N–H and O–H groups in total. The first-order valence-corrected chi connectivity index (χ1v) is 7.95. The van der Waals surface area contributed by atoms with Crippen molar-refractivity contribution in [3.63, 3.8) is 0 Å². The average Bonchev–Trinajstić information content (AvgIpc) is 2.88. The fourth-order valence-corrected chi connectivity index (χ4v) is 2.72. The van der Waals surface area contributed by atoms with Crippen LogP contribution in [0.4, 0.5) is 0 Å². The van der Waals surface area contributed by atoms with Crippen molar-refractivity contribution in [2.24, 2.45) is 5.92 Å². The predicted octanol–water partition coefficient (Wildman–Crippen LogP) is 1.98. The Kier molecular flexibility index (Phi) is 5.73. The summed E-state index contributed by atoms with van der Waals surface area (Å²) in [7, 11) is 0. The normalized spacial score (nSPS) is 17.2. The van der Waals surface area contributed by atoms with Crippen LogP contribution in [-0.4, -0.2) is 31.9 Å². The quantitative estimate of drug-likeness (QED) is 0.766. The van der Waals surface area contributed by atoms with Crippen LogP contribution < -0.4 is 5.32 Å². The average molecular weight is 294 g/mol. The smallest absolute Gasteiger partial charge is 0.306 e. The highest BCUT2D eigenvalue weighted by Crippen LogP contribution is 2.14. The fraction of sp³-hybridized carbons (Fsp3) is 0.800. The second-order valence-corrected chi connectivity index (χ2v) is 6.09. The van der Waals surface area contributed by atoms with E-state index in [4.69, 9.17) is 5.11 Å². The third-order valence-electron chi connectivity index (χ3n) is 4.24. The molecule has 2 rings (SSSR count). The van der Waals surface area contributed by atoms with Crippen molar-refractivity contribution in [2.75, 3.05) is 0 Å². The maximum atomic E-state index is 10.8. The summed E-state index contributed by atoms with van der Waals surface area (Å²) in [5.41, 5.74) is 0. The Labute approximate surface area is 126 Å². The third-order valence-corrected chi connectivity index (χ3v) is 4.24. The summed E-state index contributed by atoms with van der Waals surface area (Å²) >= 11 is 0. The van der Waals surface area contributed by atoms with Crippen molar-refractivity contribution in [3.8, 4) is 0 Å². The highest BCUT2D eigenvalue weighted by atomic mass is 16.4. The molecule has 0 amide bonds. The maximum absolute atomic E-state index is 10.8. The highest BCUT2D eigenvalue weighted by Gasteiger charge is 2.16. The minimum Gasteiger partial charge on any atom is -0.481 e. The molecule has 0 bridgehead atoms. The van der Waals surface area contributed by atoms with E-state index in [2.05, 4.69) is 27.0 Å². The molecule has 21 heavy (non-hydrogen) atoms. The predicted molar refractivity (Wildman–Crippen MR) is 79.9 cm³/mol. The number of nitrogens with zero attached hydrogens (tertiary/aromatic N) is 3. The lowest BCUT2D eigenvalue weighted by Crippen LogP contribution is -2.28. The summed E-state index contributed by atoms with van der Waals surface area (Å²) in [6.07, 6.45) is 6.11. The summed E-state index contributed by atoms with van der Waals surface area (Å²) < 4.78 is 2.23. The van der Waals surface area contributed by atoms with Crippen molar-refractivity contribution in [3.05, 3.63) is 11.6 Å². The number of nitrogens with one attached hydrogen (secondary N) is 1. The Balaban J connectivity index is 1.70. The molecule has 2 heterocycles. The zero-order valence-corrected chi connectivity index (χ0v) is 13.0. The number of carboxylic acid groups (broad SMARTS) is 1. The van der Waals surface area contributed by atoms with Crippen LogP contribution in [0.1, 0.15) is 57.6 Å². The number of carbonyl (C=O) groups is 1. The first-order valence-electron chi connectivity index (χ1n) is 7.95. The van der Waals surface area contributed by atoms with E-state index in [1.165, 1.54) is 12.8 Å². The Morgan fingerprint density at radius 2 is 2.14 bits per heavy atom. The van der Waals surface area contributed by atoms with Gasteiger partial charge in [-0.15, -0.1) is 10.2 Å². The van der Waals surface area contributed by atoms with E-state index in [0.717, 1.165) is 50.4 Å². The van der Waals surface area contributed by atoms with Crippen LogP contribution in [0, 0.1) is 5.92 Å². The molecule has 0 fully saturated rings. The lowest BCUT2D eigenvalue weighted by molar-refractivity contribution is -0.141. The zero-order valence-electron chi connectivity index (χ0n) is 13.0. The van der Waals surface area contributed by atoms with Crippen molar-refractivity contribution >= 4 is 5.97 Å². The van der Waals surface area contributed by atoms with Gasteiger partial charge in [-0.25, -0.2) is 0 Å². The first-order chi connectivity index (χ1) is 10.1. The van der Waals surface area contributed by atoms with Crippen LogP contribution in [0.15, 0.2) is 0 Å². The second-order valence-electron chi connectivity index (χ2n) is 6.09. The first kappa shape index (κ1) is 15.9. The SMILES string of the molecule is CC(CCCC(C)C(=O)O)NCc1nnc2n1CCCC2. The third kappa shape index (κ3) is 4.52. The molecule has 1 aliphatic rings. The van der Waals surface area contributed by atoms with E-state index in [0.29, 0.717) is 6.04 Å². The molecule has 2 atom stereocenters. The standard InChI is InChI=1S/C15H26N4O2/c1-11(15(20)21)6-5-7-12(2)16-10-14-18-17-13-8-3-4-9-19(13)14/h11-12,16H,3-10H2,1-2H3,(H,20,21). The molecule has 1 aromatic rings. The van der Waals surface area contributed by atoms with Crippen molar-refractivity contribution < 1.29 is 9.90 Å². The number of rotatable bonds is 8. The van der Waals surface area contributed by atoms with Gasteiger partial charge >= 0.3 is 5.97 Å². The van der Waals surface area contributed by atoms with Gasteiger partial charge in [-0.05, 0) is 32.6 Å². The van der Waals surface area contributed by atoms with Gasteiger partial charge in [-0.3, -0.25) is 4.79 Å². The van der Waals surface area contributed by atoms with Crippen LogP contribution >= 0.6 is 0 Å². The molecule has 0 spiro atoms. The molecule has 1 aromatic heterocycles. The van der Waals surface area contributed by atoms with Gasteiger partial charge < -0.3 is 15.0 Å². The Morgan fingerprint density at radius 3 is 2.90 bits per heavy atom. The van der Waals surface area contributed by atoms with Gasteiger partial charge in [0.25, 0.3) is 0 Å². The Morgan fingerprint density at radius 1 is 1.33 bits per heavy atom. The van der Waals surface area contributed by atoms with Gasteiger partial charge in [0.15, 0.2) is 0 Å². The molecule has 0 radical (unpaired) electrons. The van der Waals surface area contributed by atoms with E-state index < -0.39 is 5.97 Å². The topological polar surface area (TPSA) is 80.0 Å². The number of aromatic nitrogens is 3. The summed E-state index contributed by atoms with van der Waals surface area (Å²) in [4.78, 5) is 10.8.